The van der Waals surface area contributed by atoms with Crippen LogP contribution in [0.5, 0.6) is 0 Å². The van der Waals surface area contributed by atoms with Gasteiger partial charge in [0.1, 0.15) is 0 Å². The normalized spacial score (nSPS) is 11.3. The van der Waals surface area contributed by atoms with Gasteiger partial charge in [-0.15, -0.1) is 0 Å². The molecule has 0 saturated heterocycles. The molecule has 19 heavy (non-hydrogen) atoms. The second kappa shape index (κ2) is 5.75. The third-order valence-corrected chi connectivity index (χ3v) is 2.55. The molecule has 2 aromatic carbocycles. The lowest BCUT2D eigenvalue weighted by Gasteiger charge is -2.11. The smallest absolute Gasteiger partial charge is 0.321 e. The van der Waals surface area contributed by atoms with Crippen molar-refractivity contribution in [3.8, 4) is 0 Å². The van der Waals surface area contributed by atoms with Crippen LogP contribution in [0.4, 0.5) is 18.9 Å². The zero-order valence-electron chi connectivity index (χ0n) is 10.0. The number of hydrazine groups is 1. The van der Waals surface area contributed by atoms with E-state index in [-0.39, 0.29) is 0 Å². The average molecular weight is 266 g/mol. The minimum absolute atomic E-state index is 0.304. The highest BCUT2D eigenvalue weighted by molar-refractivity contribution is 5.41. The molecule has 0 saturated carbocycles. The lowest BCUT2D eigenvalue weighted by Crippen LogP contribution is -2.21. The summed E-state index contributed by atoms with van der Waals surface area (Å²) in [6, 6.07) is 14.6. The van der Waals surface area contributed by atoms with Gasteiger partial charge in [0.2, 0.25) is 0 Å². The Kier molecular flexibility index (Phi) is 4.06. The van der Waals surface area contributed by atoms with Crippen LogP contribution in [0.25, 0.3) is 0 Å². The number of rotatable bonds is 4. The molecule has 0 unspecified atom stereocenters. The molecule has 0 aromatic heterocycles. The van der Waals surface area contributed by atoms with E-state index in [1.165, 1.54) is 6.07 Å². The lowest BCUT2D eigenvalue weighted by atomic mass is 10.1. The minimum atomic E-state index is -4.30. The van der Waals surface area contributed by atoms with Crippen LogP contribution in [-0.4, -0.2) is 0 Å². The molecular formula is C14H13F3N2. The topological polar surface area (TPSA) is 24.1 Å². The summed E-state index contributed by atoms with van der Waals surface area (Å²) in [5, 5.41) is 0. The summed E-state index contributed by atoms with van der Waals surface area (Å²) in [4.78, 5) is 0. The van der Waals surface area contributed by atoms with Crippen molar-refractivity contribution < 1.29 is 13.2 Å². The monoisotopic (exact) mass is 266 g/mol. The van der Waals surface area contributed by atoms with Crippen molar-refractivity contribution in [1.29, 1.82) is 0 Å². The highest BCUT2D eigenvalue weighted by Crippen LogP contribution is 2.29. The maximum atomic E-state index is 12.5. The van der Waals surface area contributed by atoms with Crippen LogP contribution < -0.4 is 10.9 Å². The Bertz CT molecular complexity index is 524. The van der Waals surface area contributed by atoms with Gasteiger partial charge in [0.05, 0.1) is 5.56 Å². The number of halogens is 3. The molecule has 0 aliphatic rings. The summed E-state index contributed by atoms with van der Waals surface area (Å²) in [5.41, 5.74) is 6.59. The largest absolute Gasteiger partial charge is 0.416 e. The zero-order valence-corrected chi connectivity index (χ0v) is 10.0. The van der Waals surface area contributed by atoms with E-state index in [9.17, 15) is 13.2 Å². The van der Waals surface area contributed by atoms with Crippen LogP contribution in [0.3, 0.4) is 0 Å². The van der Waals surface area contributed by atoms with Crippen LogP contribution in [0.2, 0.25) is 0 Å². The number of hydrogen-bond acceptors (Lipinski definition) is 2. The third kappa shape index (κ3) is 3.99. The average Bonchev–Trinajstić information content (AvgIpc) is 2.39. The van der Waals surface area contributed by atoms with Gasteiger partial charge in [0.15, 0.2) is 0 Å². The molecule has 0 aliphatic heterocycles. The molecule has 2 N–H and O–H groups in total. The summed E-state index contributed by atoms with van der Waals surface area (Å²) in [6.07, 6.45) is -4.30. The van der Waals surface area contributed by atoms with Gasteiger partial charge in [-0.1, -0.05) is 36.4 Å². The van der Waals surface area contributed by atoms with Crippen LogP contribution in [0, 0.1) is 0 Å². The molecule has 0 amide bonds. The molecule has 2 rings (SSSR count). The van der Waals surface area contributed by atoms with Crippen molar-refractivity contribution in [2.24, 2.45) is 0 Å². The Morgan fingerprint density at radius 1 is 0.895 bits per heavy atom. The predicted octanol–water partition coefficient (Wildman–Crippen LogP) is 3.82. The molecular weight excluding hydrogens is 253 g/mol. The Labute approximate surface area is 109 Å². The lowest BCUT2D eigenvalue weighted by molar-refractivity contribution is -0.137. The van der Waals surface area contributed by atoms with Crippen molar-refractivity contribution in [3.63, 3.8) is 0 Å². The second-order valence-corrected chi connectivity index (χ2v) is 4.04. The quantitative estimate of drug-likeness (QED) is 0.822. The number of alkyl halides is 3. The molecule has 5 heteroatoms. The molecule has 0 aliphatic carbocycles. The molecule has 100 valence electrons. The van der Waals surface area contributed by atoms with Gasteiger partial charge in [-0.25, -0.2) is 5.43 Å². The fraction of sp³-hybridized carbons (Fsp3) is 0.143. The first-order chi connectivity index (χ1) is 9.05. The Morgan fingerprint density at radius 3 is 2.32 bits per heavy atom. The summed E-state index contributed by atoms with van der Waals surface area (Å²) in [5.74, 6) is 0. The highest BCUT2D eigenvalue weighted by Gasteiger charge is 2.30. The van der Waals surface area contributed by atoms with Crippen LogP contribution in [0.15, 0.2) is 54.6 Å². The molecule has 0 heterocycles. The Morgan fingerprint density at radius 2 is 1.63 bits per heavy atom. The van der Waals surface area contributed by atoms with Gasteiger partial charge in [0.25, 0.3) is 0 Å². The van der Waals surface area contributed by atoms with Crippen LogP contribution in [0.1, 0.15) is 11.1 Å². The predicted molar refractivity (Wildman–Crippen MR) is 68.3 cm³/mol. The van der Waals surface area contributed by atoms with E-state index in [0.29, 0.717) is 12.1 Å². The molecule has 0 bridgehead atoms. The van der Waals surface area contributed by atoms with E-state index >= 15 is 0 Å². The Hall–Kier alpha value is -2.01. The number of benzene rings is 2. The van der Waals surface area contributed by atoms with Crippen molar-refractivity contribution in [2.45, 2.75) is 12.7 Å². The highest BCUT2D eigenvalue weighted by atomic mass is 19.4. The summed E-state index contributed by atoms with van der Waals surface area (Å²) in [7, 11) is 0. The van der Waals surface area contributed by atoms with Gasteiger partial charge >= 0.3 is 6.18 Å². The van der Waals surface area contributed by atoms with Crippen molar-refractivity contribution in [2.75, 3.05) is 5.43 Å². The molecule has 0 fully saturated rings. The first kappa shape index (κ1) is 13.4. The van der Waals surface area contributed by atoms with E-state index in [4.69, 9.17) is 0 Å². The number of nitrogens with one attached hydrogen (secondary N) is 2. The van der Waals surface area contributed by atoms with E-state index in [1.54, 1.807) is 6.07 Å². The molecule has 0 atom stereocenters. The number of para-hydroxylation sites is 1. The van der Waals surface area contributed by atoms with E-state index < -0.39 is 11.7 Å². The standard InChI is InChI=1S/C14H13F3N2/c15-14(16,17)12-6-4-5-11(9-12)10-18-19-13-7-2-1-3-8-13/h1-9,18-19H,10H2. The van der Waals surface area contributed by atoms with E-state index in [1.807, 2.05) is 30.3 Å². The second-order valence-electron chi connectivity index (χ2n) is 4.04. The third-order valence-electron chi connectivity index (χ3n) is 2.55. The van der Waals surface area contributed by atoms with Crippen LogP contribution in [-0.2, 0) is 12.7 Å². The van der Waals surface area contributed by atoms with E-state index in [2.05, 4.69) is 10.9 Å². The number of hydrogen-bond donors (Lipinski definition) is 2. The SMILES string of the molecule is FC(F)(F)c1cccc(CNNc2ccccc2)c1. The van der Waals surface area contributed by atoms with Gasteiger partial charge in [-0.05, 0) is 23.8 Å². The minimum Gasteiger partial charge on any atom is -0.321 e. The fourth-order valence-corrected chi connectivity index (χ4v) is 1.63. The first-order valence-electron chi connectivity index (χ1n) is 5.76. The maximum Gasteiger partial charge on any atom is 0.416 e. The van der Waals surface area contributed by atoms with Crippen molar-refractivity contribution in [3.05, 3.63) is 65.7 Å². The summed E-state index contributed by atoms with van der Waals surface area (Å²) < 4.78 is 37.6. The first-order valence-corrected chi connectivity index (χ1v) is 5.76. The molecule has 0 spiro atoms. The van der Waals surface area contributed by atoms with Crippen molar-refractivity contribution in [1.82, 2.24) is 5.43 Å². The Balaban J connectivity index is 1.93. The number of anilines is 1. The van der Waals surface area contributed by atoms with Crippen molar-refractivity contribution >= 4 is 5.69 Å². The fourth-order valence-electron chi connectivity index (χ4n) is 1.63. The van der Waals surface area contributed by atoms with Gasteiger partial charge in [-0.2, -0.15) is 13.2 Å². The molecule has 2 aromatic rings. The van der Waals surface area contributed by atoms with E-state index in [0.717, 1.165) is 17.8 Å². The maximum absolute atomic E-state index is 12.5. The van der Waals surface area contributed by atoms with Crippen LogP contribution >= 0.6 is 0 Å². The molecule has 2 nitrogen and oxygen atoms in total. The summed E-state index contributed by atoms with van der Waals surface area (Å²) >= 11 is 0. The van der Waals surface area contributed by atoms with Gasteiger partial charge in [0, 0.05) is 12.2 Å². The van der Waals surface area contributed by atoms with Gasteiger partial charge in [-0.3, -0.25) is 0 Å². The van der Waals surface area contributed by atoms with Gasteiger partial charge < -0.3 is 5.43 Å². The molecule has 0 radical (unpaired) electrons. The zero-order chi connectivity index (χ0) is 13.7. The summed E-state index contributed by atoms with van der Waals surface area (Å²) in [6.45, 7) is 0.304.